The molecule has 0 amide bonds. The van der Waals surface area contributed by atoms with Gasteiger partial charge in [0, 0.05) is 12.1 Å². The van der Waals surface area contributed by atoms with Crippen molar-refractivity contribution in [3.8, 4) is 16.9 Å². The monoisotopic (exact) mass is 357 g/mol. The van der Waals surface area contributed by atoms with Gasteiger partial charge >= 0.3 is 6.18 Å². The number of hydrogen-bond acceptors (Lipinski definition) is 2. The van der Waals surface area contributed by atoms with Gasteiger partial charge < -0.3 is 10.5 Å². The minimum Gasteiger partial charge on any atom is -0.493 e. The molecule has 0 radical (unpaired) electrons. The summed E-state index contributed by atoms with van der Waals surface area (Å²) >= 11 is 0. The summed E-state index contributed by atoms with van der Waals surface area (Å²) in [6, 6.07) is 20.1. The van der Waals surface area contributed by atoms with Crippen LogP contribution in [0.2, 0.25) is 0 Å². The summed E-state index contributed by atoms with van der Waals surface area (Å²) in [4.78, 5) is 0. The second kappa shape index (κ2) is 7.52. The lowest BCUT2D eigenvalue weighted by atomic mass is 10.0. The Hall–Kier alpha value is -2.95. The smallest absolute Gasteiger partial charge is 0.416 e. The molecule has 0 aliphatic rings. The number of hydrogen-bond donors (Lipinski definition) is 1. The highest BCUT2D eigenvalue weighted by atomic mass is 19.4. The molecule has 0 saturated heterocycles. The van der Waals surface area contributed by atoms with E-state index in [2.05, 4.69) is 0 Å². The van der Waals surface area contributed by atoms with Crippen LogP contribution in [0, 0.1) is 0 Å². The zero-order chi connectivity index (χ0) is 18.6. The molecule has 3 aromatic rings. The third-order valence-corrected chi connectivity index (χ3v) is 4.04. The topological polar surface area (TPSA) is 35.2 Å². The van der Waals surface area contributed by atoms with Crippen LogP contribution in [0.5, 0.6) is 5.75 Å². The fourth-order valence-electron chi connectivity index (χ4n) is 2.57. The summed E-state index contributed by atoms with van der Waals surface area (Å²) in [5, 5.41) is 0. The van der Waals surface area contributed by atoms with Crippen molar-refractivity contribution in [2.75, 3.05) is 12.3 Å². The first-order chi connectivity index (χ1) is 12.4. The van der Waals surface area contributed by atoms with Crippen molar-refractivity contribution in [3.63, 3.8) is 0 Å². The molecular weight excluding hydrogens is 339 g/mol. The van der Waals surface area contributed by atoms with Gasteiger partial charge in [0.1, 0.15) is 5.75 Å². The van der Waals surface area contributed by atoms with Crippen LogP contribution in [0.4, 0.5) is 18.9 Å². The molecule has 3 aromatic carbocycles. The van der Waals surface area contributed by atoms with E-state index >= 15 is 0 Å². The highest BCUT2D eigenvalue weighted by molar-refractivity contribution is 5.64. The van der Waals surface area contributed by atoms with Crippen molar-refractivity contribution >= 4 is 5.69 Å². The van der Waals surface area contributed by atoms with Crippen LogP contribution in [0.15, 0.2) is 72.8 Å². The van der Waals surface area contributed by atoms with E-state index in [1.54, 1.807) is 12.1 Å². The van der Waals surface area contributed by atoms with Crippen LogP contribution in [-0.2, 0) is 12.6 Å². The van der Waals surface area contributed by atoms with Crippen LogP contribution in [-0.4, -0.2) is 6.61 Å². The number of alkyl halides is 3. The van der Waals surface area contributed by atoms with Gasteiger partial charge in [-0.15, -0.1) is 0 Å². The maximum Gasteiger partial charge on any atom is 0.416 e. The van der Waals surface area contributed by atoms with Crippen LogP contribution >= 0.6 is 0 Å². The van der Waals surface area contributed by atoms with Gasteiger partial charge in [0.25, 0.3) is 0 Å². The molecule has 2 N–H and O–H groups in total. The molecule has 0 aliphatic heterocycles. The zero-order valence-electron chi connectivity index (χ0n) is 14.0. The minimum absolute atomic E-state index is 0.531. The number of anilines is 1. The van der Waals surface area contributed by atoms with Gasteiger partial charge in [0.2, 0.25) is 0 Å². The maximum absolute atomic E-state index is 12.6. The molecule has 2 nitrogen and oxygen atoms in total. The molecule has 0 spiro atoms. The van der Waals surface area contributed by atoms with Gasteiger partial charge in [0.15, 0.2) is 0 Å². The van der Waals surface area contributed by atoms with E-state index in [4.69, 9.17) is 10.5 Å². The Balaban J connectivity index is 1.58. The van der Waals surface area contributed by atoms with Gasteiger partial charge in [-0.1, -0.05) is 36.4 Å². The van der Waals surface area contributed by atoms with Crippen LogP contribution in [0.3, 0.4) is 0 Å². The van der Waals surface area contributed by atoms with Gasteiger partial charge in [-0.25, -0.2) is 0 Å². The van der Waals surface area contributed by atoms with E-state index in [1.165, 1.54) is 12.1 Å². The second-order valence-corrected chi connectivity index (χ2v) is 5.94. The van der Waals surface area contributed by atoms with Gasteiger partial charge in [-0.3, -0.25) is 0 Å². The lowest BCUT2D eigenvalue weighted by Crippen LogP contribution is -2.04. The van der Waals surface area contributed by atoms with E-state index in [9.17, 15) is 13.2 Å². The molecule has 5 heteroatoms. The fraction of sp³-hybridized carbons (Fsp3) is 0.143. The largest absolute Gasteiger partial charge is 0.493 e. The molecule has 0 aromatic heterocycles. The molecular formula is C21H18F3NO. The van der Waals surface area contributed by atoms with E-state index in [-0.39, 0.29) is 0 Å². The molecule has 0 heterocycles. The van der Waals surface area contributed by atoms with Crippen LogP contribution < -0.4 is 10.5 Å². The molecule has 0 atom stereocenters. The third-order valence-electron chi connectivity index (χ3n) is 4.04. The summed E-state index contributed by atoms with van der Waals surface area (Å²) in [5.74, 6) is 0.764. The number of rotatable bonds is 5. The van der Waals surface area contributed by atoms with Crippen molar-refractivity contribution in [2.24, 2.45) is 0 Å². The molecule has 134 valence electrons. The Morgan fingerprint density at radius 1 is 0.731 bits per heavy atom. The lowest BCUT2D eigenvalue weighted by molar-refractivity contribution is -0.137. The number of nitrogen functional groups attached to an aromatic ring is 1. The van der Waals surface area contributed by atoms with Crippen molar-refractivity contribution in [1.82, 2.24) is 0 Å². The first-order valence-electron chi connectivity index (χ1n) is 8.17. The average molecular weight is 357 g/mol. The van der Waals surface area contributed by atoms with Gasteiger partial charge in [-0.05, 0) is 53.1 Å². The summed E-state index contributed by atoms with van der Waals surface area (Å²) in [6.07, 6.45) is -3.58. The number of halogens is 3. The number of ether oxygens (including phenoxy) is 1. The normalized spacial score (nSPS) is 11.3. The second-order valence-electron chi connectivity index (χ2n) is 5.94. The molecule has 0 aliphatic carbocycles. The van der Waals surface area contributed by atoms with Crippen molar-refractivity contribution < 1.29 is 17.9 Å². The predicted octanol–water partition coefficient (Wildman–Crippen LogP) is 5.58. The Labute approximate surface area is 150 Å². The molecule has 3 rings (SSSR count). The maximum atomic E-state index is 12.6. The highest BCUT2D eigenvalue weighted by Crippen LogP contribution is 2.31. The quantitative estimate of drug-likeness (QED) is 0.605. The first-order valence-corrected chi connectivity index (χ1v) is 8.17. The predicted molar refractivity (Wildman–Crippen MR) is 96.9 cm³/mol. The van der Waals surface area contributed by atoms with Gasteiger partial charge in [0.05, 0.1) is 12.2 Å². The highest BCUT2D eigenvalue weighted by Gasteiger charge is 2.29. The van der Waals surface area contributed by atoms with E-state index in [0.717, 1.165) is 41.0 Å². The minimum atomic E-state index is -4.31. The number of benzene rings is 3. The van der Waals surface area contributed by atoms with E-state index in [1.807, 2.05) is 36.4 Å². The Kier molecular flexibility index (Phi) is 5.16. The third kappa shape index (κ3) is 4.57. The summed E-state index contributed by atoms with van der Waals surface area (Å²) in [5.41, 5.74) is 8.40. The summed E-state index contributed by atoms with van der Waals surface area (Å²) < 4.78 is 43.5. The lowest BCUT2D eigenvalue weighted by Gasteiger charge is -2.09. The number of nitrogens with two attached hydrogens (primary N) is 1. The molecule has 0 fully saturated rings. The van der Waals surface area contributed by atoms with Crippen molar-refractivity contribution in [3.05, 3.63) is 83.9 Å². The Morgan fingerprint density at radius 2 is 1.27 bits per heavy atom. The molecule has 0 saturated carbocycles. The van der Waals surface area contributed by atoms with Crippen LogP contribution in [0.25, 0.3) is 11.1 Å². The van der Waals surface area contributed by atoms with Gasteiger partial charge in [-0.2, -0.15) is 13.2 Å². The molecule has 0 unspecified atom stereocenters. The SMILES string of the molecule is Nc1ccc(OCCc2ccc(-c3ccc(C(F)(F)F)cc3)cc2)cc1. The average Bonchev–Trinajstić information content (AvgIpc) is 2.63. The summed E-state index contributed by atoms with van der Waals surface area (Å²) in [7, 11) is 0. The molecule has 26 heavy (non-hydrogen) atoms. The fourth-order valence-corrected chi connectivity index (χ4v) is 2.57. The Bertz CT molecular complexity index is 838. The first kappa shape index (κ1) is 17.9. The standard InChI is InChI=1S/C21H18F3NO/c22-21(23,24)18-7-5-17(6-8-18)16-3-1-15(2-4-16)13-14-26-20-11-9-19(25)10-12-20/h1-12H,13-14,25H2. The van der Waals surface area contributed by atoms with Crippen molar-refractivity contribution in [1.29, 1.82) is 0 Å². The molecule has 0 bridgehead atoms. The summed E-state index contributed by atoms with van der Waals surface area (Å²) in [6.45, 7) is 0.531. The van der Waals surface area contributed by atoms with Crippen molar-refractivity contribution in [2.45, 2.75) is 12.6 Å². The van der Waals surface area contributed by atoms with E-state index in [0.29, 0.717) is 12.3 Å². The van der Waals surface area contributed by atoms with Crippen LogP contribution in [0.1, 0.15) is 11.1 Å². The Morgan fingerprint density at radius 3 is 1.81 bits per heavy atom. The zero-order valence-corrected chi connectivity index (χ0v) is 14.0. The van der Waals surface area contributed by atoms with E-state index < -0.39 is 11.7 Å².